The first kappa shape index (κ1) is 29.2. The van der Waals surface area contributed by atoms with Gasteiger partial charge < -0.3 is 23.2 Å². The summed E-state index contributed by atoms with van der Waals surface area (Å²) in [7, 11) is 6.44. The van der Waals surface area contributed by atoms with Crippen LogP contribution in [0.15, 0.2) is 12.1 Å². The number of hydrogen-bond donors (Lipinski definition) is 0. The van der Waals surface area contributed by atoms with E-state index in [1.165, 1.54) is 20.3 Å². The average molecular weight is 536 g/mol. The van der Waals surface area contributed by atoms with Gasteiger partial charge in [-0.05, 0) is 60.8 Å². The lowest BCUT2D eigenvalue weighted by molar-refractivity contribution is -0.849. The van der Waals surface area contributed by atoms with Gasteiger partial charge >= 0.3 is 0 Å². The number of fused-ring (bicyclic) bond motifs is 5. The van der Waals surface area contributed by atoms with Crippen molar-refractivity contribution < 1.29 is 44.6 Å². The molecule has 4 rings (SSSR count). The summed E-state index contributed by atoms with van der Waals surface area (Å²) >= 11 is 0. The van der Waals surface area contributed by atoms with E-state index in [1.807, 2.05) is 0 Å². The highest BCUT2D eigenvalue weighted by Crippen LogP contribution is 2.63. The Kier molecular flexibility index (Phi) is 8.74. The largest absolute Gasteiger partial charge is 0.726 e. The third kappa shape index (κ3) is 6.36. The molecule has 36 heavy (non-hydrogen) atoms. The van der Waals surface area contributed by atoms with Gasteiger partial charge in [-0.2, -0.15) is 0 Å². The van der Waals surface area contributed by atoms with E-state index >= 15 is 0 Å². The Morgan fingerprint density at radius 3 is 2.39 bits per heavy atom. The molecule has 0 N–H and O–H groups in total. The standard InChI is InChI=1S/C21H28F2O7S.C4H12N/c1-21-9-18(28-3)19-12(14(21)8-16(23)20(21)30-31(24,25)26)5-4-11-6-17(29-10-27-2)15(22)7-13(11)19;1-5(2,3)4/h6-7,12,14,16,18-20H,4-5,8-10H2,1-3H3,(H,24,25,26);1-4H3/q;+1/p-1/t12-,14-,16+,18-,19-,20-,21-;/m0./s1. The predicted octanol–water partition coefficient (Wildman–Crippen LogP) is 3.41. The lowest BCUT2D eigenvalue weighted by atomic mass is 9.54. The summed E-state index contributed by atoms with van der Waals surface area (Å²) in [4.78, 5) is 0. The van der Waals surface area contributed by atoms with Crippen LogP contribution in [0, 0.1) is 23.1 Å². The molecule has 0 aromatic heterocycles. The van der Waals surface area contributed by atoms with Gasteiger partial charge in [0.2, 0.25) is 10.4 Å². The summed E-state index contributed by atoms with van der Waals surface area (Å²) in [6.07, 6.45) is -1.57. The molecule has 2 fully saturated rings. The molecule has 1 aromatic carbocycles. The Morgan fingerprint density at radius 1 is 1.19 bits per heavy atom. The zero-order valence-corrected chi connectivity index (χ0v) is 22.9. The number of methoxy groups -OCH3 is 2. The number of hydrogen-bond acceptors (Lipinski definition) is 7. The quantitative estimate of drug-likeness (QED) is 0.239. The van der Waals surface area contributed by atoms with Crippen LogP contribution in [0.3, 0.4) is 0 Å². The molecule has 7 atom stereocenters. The Labute approximate surface area is 213 Å². The number of nitrogens with zero attached hydrogens (tertiary/aromatic N) is 1. The summed E-state index contributed by atoms with van der Waals surface area (Å²) in [5, 5.41) is 0. The van der Waals surface area contributed by atoms with Crippen LogP contribution in [0.2, 0.25) is 0 Å². The average Bonchev–Trinajstić information content (AvgIpc) is 2.99. The van der Waals surface area contributed by atoms with E-state index in [0.29, 0.717) is 19.3 Å². The zero-order chi connectivity index (χ0) is 27.1. The Morgan fingerprint density at radius 2 is 1.83 bits per heavy atom. The first-order chi connectivity index (χ1) is 16.6. The second kappa shape index (κ2) is 10.8. The molecule has 0 bridgehead atoms. The van der Waals surface area contributed by atoms with Gasteiger partial charge in [0.15, 0.2) is 18.4 Å². The van der Waals surface area contributed by atoms with Gasteiger partial charge in [-0.25, -0.2) is 17.2 Å². The molecule has 11 heteroatoms. The molecule has 206 valence electrons. The van der Waals surface area contributed by atoms with Crippen molar-refractivity contribution in [1.29, 1.82) is 0 Å². The maximum absolute atomic E-state index is 14.9. The van der Waals surface area contributed by atoms with E-state index in [-0.39, 0.29) is 36.7 Å². The third-order valence-corrected chi connectivity index (χ3v) is 7.92. The summed E-state index contributed by atoms with van der Waals surface area (Å²) < 4.78 is 85.1. The molecule has 3 aliphatic carbocycles. The van der Waals surface area contributed by atoms with Crippen LogP contribution >= 0.6 is 0 Å². The number of quaternary nitrogens is 1. The van der Waals surface area contributed by atoms with Gasteiger partial charge in [-0.3, -0.25) is 4.18 Å². The minimum Gasteiger partial charge on any atom is -0.726 e. The Bertz CT molecular complexity index is 1030. The number of halogens is 2. The fourth-order valence-corrected chi connectivity index (χ4v) is 6.90. The maximum atomic E-state index is 14.9. The molecule has 3 aliphatic rings. The van der Waals surface area contributed by atoms with Crippen molar-refractivity contribution in [2.24, 2.45) is 17.3 Å². The molecule has 0 unspecified atom stereocenters. The summed E-state index contributed by atoms with van der Waals surface area (Å²) in [5.41, 5.74) is 0.879. The van der Waals surface area contributed by atoms with E-state index in [2.05, 4.69) is 28.2 Å². The smallest absolute Gasteiger partial charge is 0.218 e. The van der Waals surface area contributed by atoms with Crippen LogP contribution in [-0.4, -0.2) is 85.0 Å². The first-order valence-electron chi connectivity index (χ1n) is 12.1. The van der Waals surface area contributed by atoms with Crippen LogP contribution in [0.5, 0.6) is 5.75 Å². The van der Waals surface area contributed by atoms with Crippen molar-refractivity contribution in [3.63, 3.8) is 0 Å². The van der Waals surface area contributed by atoms with Crippen LogP contribution in [0.4, 0.5) is 8.78 Å². The number of benzene rings is 1. The van der Waals surface area contributed by atoms with Crippen molar-refractivity contribution in [1.82, 2.24) is 0 Å². The lowest BCUT2D eigenvalue weighted by Gasteiger charge is -2.53. The molecule has 0 radical (unpaired) electrons. The molecule has 0 heterocycles. The minimum absolute atomic E-state index is 0.0532. The summed E-state index contributed by atoms with van der Waals surface area (Å²) in [5.74, 6) is -0.831. The highest BCUT2D eigenvalue weighted by molar-refractivity contribution is 7.80. The van der Waals surface area contributed by atoms with Gasteiger partial charge in [0.05, 0.1) is 34.3 Å². The molecule has 0 saturated heterocycles. The van der Waals surface area contributed by atoms with E-state index in [0.717, 1.165) is 15.6 Å². The normalized spacial score (nSPS) is 33.6. The van der Waals surface area contributed by atoms with E-state index in [9.17, 15) is 21.8 Å². The lowest BCUT2D eigenvalue weighted by Crippen LogP contribution is -2.51. The molecular formula is C25H39F2NO7S. The second-order valence-corrected chi connectivity index (χ2v) is 12.7. The SMILES string of the molecule is COCOc1cc2c(cc1F)[C@@H]1[C@@H](CC2)[C@@H]2C[C@@H](F)[C@H](OS(=O)(=O)[O-])[C@@]2(C)C[C@@H]1OC.C[N+](C)(C)C. The highest BCUT2D eigenvalue weighted by Gasteiger charge is 2.62. The third-order valence-electron chi connectivity index (χ3n) is 7.48. The monoisotopic (exact) mass is 535 g/mol. The van der Waals surface area contributed by atoms with Gasteiger partial charge in [-0.1, -0.05) is 6.92 Å². The fraction of sp³-hybridized carbons (Fsp3) is 0.760. The minimum atomic E-state index is -5.05. The second-order valence-electron chi connectivity index (χ2n) is 11.7. The van der Waals surface area contributed by atoms with Gasteiger partial charge in [0.25, 0.3) is 0 Å². The molecule has 1 aromatic rings. The Hall–Kier alpha value is -1.37. The molecule has 0 spiro atoms. The van der Waals surface area contributed by atoms with Gasteiger partial charge in [0.1, 0.15) is 12.3 Å². The van der Waals surface area contributed by atoms with Crippen LogP contribution in [0.25, 0.3) is 0 Å². The van der Waals surface area contributed by atoms with E-state index in [1.54, 1.807) is 13.0 Å². The van der Waals surface area contributed by atoms with Crippen molar-refractivity contribution in [3.05, 3.63) is 29.1 Å². The molecule has 0 aliphatic heterocycles. The molecule has 0 amide bonds. The number of ether oxygens (including phenoxy) is 3. The topological polar surface area (TPSA) is 94.1 Å². The van der Waals surface area contributed by atoms with Gasteiger partial charge in [-0.15, -0.1) is 0 Å². The van der Waals surface area contributed by atoms with E-state index < -0.39 is 40.0 Å². The van der Waals surface area contributed by atoms with Crippen molar-refractivity contribution in [2.75, 3.05) is 49.2 Å². The maximum Gasteiger partial charge on any atom is 0.218 e. The fourth-order valence-electron chi connectivity index (χ4n) is 6.31. The first-order valence-corrected chi connectivity index (χ1v) is 13.5. The zero-order valence-electron chi connectivity index (χ0n) is 22.1. The van der Waals surface area contributed by atoms with Crippen molar-refractivity contribution >= 4 is 10.4 Å². The van der Waals surface area contributed by atoms with Crippen molar-refractivity contribution in [3.8, 4) is 5.75 Å². The summed E-state index contributed by atoms with van der Waals surface area (Å²) in [6, 6.07) is 3.15. The highest BCUT2D eigenvalue weighted by atomic mass is 32.3. The number of alkyl halides is 1. The molecule has 8 nitrogen and oxygen atoms in total. The van der Waals surface area contributed by atoms with Crippen molar-refractivity contribution in [2.45, 2.75) is 56.9 Å². The Balaban J connectivity index is 0.000000658. The number of rotatable bonds is 6. The van der Waals surface area contributed by atoms with E-state index in [4.69, 9.17) is 18.4 Å². The van der Waals surface area contributed by atoms with Gasteiger partial charge in [0, 0.05) is 25.6 Å². The molecular weight excluding hydrogens is 496 g/mol. The summed E-state index contributed by atoms with van der Waals surface area (Å²) in [6.45, 7) is 1.71. The number of aryl methyl sites for hydroxylation is 1. The van der Waals surface area contributed by atoms with Crippen LogP contribution < -0.4 is 4.74 Å². The van der Waals surface area contributed by atoms with Crippen LogP contribution in [0.1, 0.15) is 43.2 Å². The van der Waals surface area contributed by atoms with Crippen LogP contribution in [-0.2, 0) is 30.5 Å². The predicted molar refractivity (Wildman–Crippen MR) is 129 cm³/mol. The molecule has 2 saturated carbocycles.